The van der Waals surface area contributed by atoms with Crippen molar-refractivity contribution in [2.75, 3.05) is 64.4 Å². The first-order valence-corrected chi connectivity index (χ1v) is 14.2. The van der Waals surface area contributed by atoms with Crippen LogP contribution < -0.4 is 28.7 Å². The molecule has 0 atom stereocenters. The van der Waals surface area contributed by atoms with E-state index in [1.807, 2.05) is 50.5 Å². The normalized spacial score (nSPS) is 10.8. The molecule has 0 radical (unpaired) electrons. The van der Waals surface area contributed by atoms with Crippen molar-refractivity contribution in [3.8, 4) is 45.5 Å². The van der Waals surface area contributed by atoms with Crippen molar-refractivity contribution in [2.45, 2.75) is 27.7 Å². The molecule has 0 aliphatic heterocycles. The predicted molar refractivity (Wildman–Crippen MR) is 171 cm³/mol. The van der Waals surface area contributed by atoms with Gasteiger partial charge in [0.05, 0.1) is 63.6 Å². The third-order valence-corrected chi connectivity index (χ3v) is 7.73. The molecule has 0 saturated carbocycles. The summed E-state index contributed by atoms with van der Waals surface area (Å²) in [5.41, 5.74) is 7.77. The minimum Gasteiger partial charge on any atom is -0.496 e. The smallest absolute Gasteiger partial charge is 0.126 e. The largest absolute Gasteiger partial charge is 0.496 e. The highest BCUT2D eigenvalue weighted by Gasteiger charge is 2.14. The summed E-state index contributed by atoms with van der Waals surface area (Å²) in [6, 6.07) is 16.4. The lowest BCUT2D eigenvalue weighted by atomic mass is 10.1. The molecule has 8 heteroatoms. The lowest BCUT2D eigenvalue weighted by molar-refractivity contribution is 0.389. The molecule has 42 heavy (non-hydrogen) atoms. The van der Waals surface area contributed by atoms with E-state index in [9.17, 15) is 0 Å². The zero-order valence-electron chi connectivity index (χ0n) is 26.0. The number of rotatable bonds is 13. The van der Waals surface area contributed by atoms with Gasteiger partial charge in [-0.15, -0.1) is 0 Å². The van der Waals surface area contributed by atoms with Crippen molar-refractivity contribution in [1.29, 1.82) is 0 Å². The van der Waals surface area contributed by atoms with Crippen LogP contribution in [-0.2, 0) is 0 Å². The lowest BCUT2D eigenvalue weighted by Gasteiger charge is -2.29. The summed E-state index contributed by atoms with van der Waals surface area (Å²) in [5.74, 6) is 3.13. The maximum atomic E-state index is 5.55. The molecule has 0 bridgehead atoms. The standard InChI is InChI=1S/C34H42N4O4/c1-9-37(27-11-13-29(35-21-27)25-17-31(39-5)23(3)32(18-25)40-6)15-16-38(10-2)28-12-14-30(36-22-28)26-19-33(41-7)24(4)34(20-26)42-8/h11-14,17-22H,9-10,15-16H2,1-8H3. The van der Waals surface area contributed by atoms with Crippen LogP contribution >= 0.6 is 0 Å². The topological polar surface area (TPSA) is 69.2 Å². The number of hydrogen-bond acceptors (Lipinski definition) is 8. The van der Waals surface area contributed by atoms with E-state index in [1.54, 1.807) is 28.4 Å². The van der Waals surface area contributed by atoms with Crippen LogP contribution in [0.15, 0.2) is 60.9 Å². The minimum atomic E-state index is 0.783. The molecule has 2 heterocycles. The molecule has 0 fully saturated rings. The number of nitrogens with zero attached hydrogens (tertiary/aromatic N) is 4. The molecule has 0 aliphatic rings. The Balaban J connectivity index is 1.46. The van der Waals surface area contributed by atoms with Gasteiger partial charge >= 0.3 is 0 Å². The van der Waals surface area contributed by atoms with Crippen LogP contribution in [0.1, 0.15) is 25.0 Å². The van der Waals surface area contributed by atoms with Gasteiger partial charge in [-0.1, -0.05) is 0 Å². The maximum absolute atomic E-state index is 5.55. The van der Waals surface area contributed by atoms with E-state index >= 15 is 0 Å². The van der Waals surface area contributed by atoms with Crippen molar-refractivity contribution in [1.82, 2.24) is 9.97 Å². The summed E-state index contributed by atoms with van der Waals surface area (Å²) in [5, 5.41) is 0. The van der Waals surface area contributed by atoms with E-state index in [0.717, 1.165) is 94.2 Å². The Labute approximate surface area is 249 Å². The van der Waals surface area contributed by atoms with Crippen molar-refractivity contribution in [3.05, 3.63) is 72.1 Å². The highest BCUT2D eigenvalue weighted by molar-refractivity contribution is 5.68. The van der Waals surface area contributed by atoms with Gasteiger partial charge in [0.15, 0.2) is 0 Å². The molecule has 0 amide bonds. The van der Waals surface area contributed by atoms with E-state index in [4.69, 9.17) is 28.9 Å². The van der Waals surface area contributed by atoms with Gasteiger partial charge in [-0.2, -0.15) is 0 Å². The third-order valence-electron chi connectivity index (χ3n) is 7.73. The Morgan fingerprint density at radius 3 is 1.12 bits per heavy atom. The summed E-state index contributed by atoms with van der Waals surface area (Å²) in [6.07, 6.45) is 3.88. The number of aromatic nitrogens is 2. The molecule has 0 unspecified atom stereocenters. The van der Waals surface area contributed by atoms with Gasteiger partial charge < -0.3 is 28.7 Å². The average Bonchev–Trinajstić information content (AvgIpc) is 3.03. The van der Waals surface area contributed by atoms with Gasteiger partial charge in [0, 0.05) is 48.4 Å². The van der Waals surface area contributed by atoms with Gasteiger partial charge in [0.1, 0.15) is 23.0 Å². The second-order valence-electron chi connectivity index (χ2n) is 9.97. The highest BCUT2D eigenvalue weighted by Crippen LogP contribution is 2.35. The van der Waals surface area contributed by atoms with Gasteiger partial charge in [-0.25, -0.2) is 0 Å². The van der Waals surface area contributed by atoms with Crippen LogP contribution in [0.25, 0.3) is 22.5 Å². The van der Waals surface area contributed by atoms with Gasteiger partial charge in [0.25, 0.3) is 0 Å². The maximum Gasteiger partial charge on any atom is 0.126 e. The van der Waals surface area contributed by atoms with Crippen molar-refractivity contribution in [2.24, 2.45) is 0 Å². The van der Waals surface area contributed by atoms with E-state index in [0.29, 0.717) is 0 Å². The monoisotopic (exact) mass is 570 g/mol. The quantitative estimate of drug-likeness (QED) is 0.174. The lowest BCUT2D eigenvalue weighted by Crippen LogP contribution is -2.35. The van der Waals surface area contributed by atoms with E-state index in [2.05, 4.69) is 47.9 Å². The Morgan fingerprint density at radius 1 is 0.548 bits per heavy atom. The fourth-order valence-corrected chi connectivity index (χ4v) is 5.14. The summed E-state index contributed by atoms with van der Waals surface area (Å²) in [6.45, 7) is 11.8. The Bertz CT molecular complexity index is 1310. The molecule has 0 aliphatic carbocycles. The number of methoxy groups -OCH3 is 4. The molecule has 4 aromatic rings. The molecule has 222 valence electrons. The third kappa shape index (κ3) is 6.54. The summed E-state index contributed by atoms with van der Waals surface area (Å²) in [4.78, 5) is 14.2. The fraction of sp³-hybridized carbons (Fsp3) is 0.353. The average molecular weight is 571 g/mol. The number of likely N-dealkylation sites (N-methyl/N-ethyl adjacent to an activating group) is 2. The Hall–Kier alpha value is -4.46. The highest BCUT2D eigenvalue weighted by atomic mass is 16.5. The molecule has 8 nitrogen and oxygen atoms in total. The molecular formula is C34H42N4O4. The van der Waals surface area contributed by atoms with Crippen molar-refractivity contribution in [3.63, 3.8) is 0 Å². The van der Waals surface area contributed by atoms with E-state index < -0.39 is 0 Å². The summed E-state index contributed by atoms with van der Waals surface area (Å²) >= 11 is 0. The molecule has 0 N–H and O–H groups in total. The molecule has 4 rings (SSSR count). The second-order valence-corrected chi connectivity index (χ2v) is 9.97. The predicted octanol–water partition coefficient (Wildman–Crippen LogP) is 6.81. The summed E-state index contributed by atoms with van der Waals surface area (Å²) < 4.78 is 22.2. The number of anilines is 2. The Kier molecular flexibility index (Phi) is 10.1. The molecule has 0 spiro atoms. The zero-order valence-corrected chi connectivity index (χ0v) is 26.0. The second kappa shape index (κ2) is 13.9. The van der Waals surface area contributed by atoms with Crippen LogP contribution in [0.5, 0.6) is 23.0 Å². The van der Waals surface area contributed by atoms with Gasteiger partial charge in [-0.05, 0) is 76.2 Å². The number of pyridine rings is 2. The van der Waals surface area contributed by atoms with Crippen LogP contribution in [0.3, 0.4) is 0 Å². The van der Waals surface area contributed by atoms with Crippen molar-refractivity contribution < 1.29 is 18.9 Å². The number of ether oxygens (including phenoxy) is 4. The number of benzene rings is 2. The SMILES string of the molecule is CCN(CCN(CC)c1ccc(-c2cc(OC)c(C)c(OC)c2)nc1)c1ccc(-c2cc(OC)c(C)c(OC)c2)nc1. The van der Waals surface area contributed by atoms with Gasteiger partial charge in [-0.3, -0.25) is 9.97 Å². The Morgan fingerprint density at radius 2 is 0.881 bits per heavy atom. The first kappa shape index (κ1) is 30.5. The van der Waals surface area contributed by atoms with E-state index in [-0.39, 0.29) is 0 Å². The molecular weight excluding hydrogens is 528 g/mol. The first-order chi connectivity index (χ1) is 20.4. The zero-order chi connectivity index (χ0) is 30.2. The number of hydrogen-bond donors (Lipinski definition) is 0. The van der Waals surface area contributed by atoms with Crippen LogP contribution in [0, 0.1) is 13.8 Å². The van der Waals surface area contributed by atoms with Crippen LogP contribution in [0.2, 0.25) is 0 Å². The van der Waals surface area contributed by atoms with Crippen LogP contribution in [0.4, 0.5) is 11.4 Å². The summed E-state index contributed by atoms with van der Waals surface area (Å²) in [7, 11) is 6.68. The fourth-order valence-electron chi connectivity index (χ4n) is 5.14. The first-order valence-electron chi connectivity index (χ1n) is 14.2. The van der Waals surface area contributed by atoms with Crippen molar-refractivity contribution >= 4 is 11.4 Å². The van der Waals surface area contributed by atoms with Crippen LogP contribution in [-0.4, -0.2) is 64.6 Å². The van der Waals surface area contributed by atoms with Gasteiger partial charge in [0.2, 0.25) is 0 Å². The van der Waals surface area contributed by atoms with E-state index in [1.165, 1.54) is 0 Å². The molecule has 0 saturated heterocycles. The minimum absolute atomic E-state index is 0.783. The molecule has 2 aromatic carbocycles. The molecule has 2 aromatic heterocycles.